The molecule has 0 bridgehead atoms. The first-order chi connectivity index (χ1) is 10.6. The molecular formula is C16H23FN2O3. The number of benzene rings is 1. The zero-order valence-electron chi connectivity index (χ0n) is 13.0. The van der Waals surface area contributed by atoms with Crippen LogP contribution in [0.4, 0.5) is 4.39 Å². The quantitative estimate of drug-likeness (QED) is 0.806. The van der Waals surface area contributed by atoms with Crippen molar-refractivity contribution in [3.63, 3.8) is 0 Å². The number of carbonyl (C=O) groups excluding carboxylic acids is 1. The molecule has 5 nitrogen and oxygen atoms in total. The van der Waals surface area contributed by atoms with Crippen molar-refractivity contribution in [2.75, 3.05) is 39.9 Å². The molecule has 6 heteroatoms. The van der Waals surface area contributed by atoms with E-state index >= 15 is 0 Å². The predicted molar refractivity (Wildman–Crippen MR) is 81.0 cm³/mol. The van der Waals surface area contributed by atoms with Crippen LogP contribution in [0.1, 0.15) is 18.6 Å². The number of ether oxygens (including phenoxy) is 2. The number of nitrogens with zero attached hydrogens (tertiary/aromatic N) is 1. The van der Waals surface area contributed by atoms with Gasteiger partial charge in [0.2, 0.25) is 5.91 Å². The van der Waals surface area contributed by atoms with Crippen molar-refractivity contribution in [2.45, 2.75) is 19.1 Å². The maximum Gasteiger partial charge on any atom is 0.236 e. The second kappa shape index (κ2) is 8.22. The number of hydrogen-bond acceptors (Lipinski definition) is 4. The minimum atomic E-state index is -0.275. The van der Waals surface area contributed by atoms with Gasteiger partial charge in [0.15, 0.2) is 0 Å². The Morgan fingerprint density at radius 2 is 2.14 bits per heavy atom. The third-order valence-electron chi connectivity index (χ3n) is 3.61. The lowest BCUT2D eigenvalue weighted by molar-refractivity contribution is -0.144. The maximum absolute atomic E-state index is 13.0. The van der Waals surface area contributed by atoms with Gasteiger partial charge in [-0.3, -0.25) is 4.79 Å². The summed E-state index contributed by atoms with van der Waals surface area (Å²) in [7, 11) is 1.63. The Kier molecular flexibility index (Phi) is 6.30. The summed E-state index contributed by atoms with van der Waals surface area (Å²) in [6.45, 7) is 4.50. The highest BCUT2D eigenvalue weighted by Gasteiger charge is 2.29. The van der Waals surface area contributed by atoms with E-state index in [1.807, 2.05) is 6.92 Å². The fraction of sp³-hybridized carbons (Fsp3) is 0.562. The number of nitrogens with one attached hydrogen (secondary N) is 1. The van der Waals surface area contributed by atoms with Crippen LogP contribution in [0.5, 0.6) is 0 Å². The second-order valence-electron chi connectivity index (χ2n) is 5.46. The number of morpholine rings is 1. The van der Waals surface area contributed by atoms with Crippen molar-refractivity contribution in [2.24, 2.45) is 0 Å². The van der Waals surface area contributed by atoms with E-state index in [1.165, 1.54) is 12.1 Å². The topological polar surface area (TPSA) is 50.8 Å². The Balaban J connectivity index is 1.92. The molecule has 1 heterocycles. The van der Waals surface area contributed by atoms with E-state index < -0.39 is 0 Å². The van der Waals surface area contributed by atoms with Crippen LogP contribution in [0.2, 0.25) is 0 Å². The van der Waals surface area contributed by atoms with Crippen LogP contribution < -0.4 is 5.32 Å². The van der Waals surface area contributed by atoms with Crippen molar-refractivity contribution in [3.8, 4) is 0 Å². The van der Waals surface area contributed by atoms with Gasteiger partial charge < -0.3 is 19.7 Å². The molecule has 0 aliphatic carbocycles. The third kappa shape index (κ3) is 4.76. The standard InChI is InChI=1S/C16H23FN2O3/c1-12-10-19(16(20)9-18-7-8-21-2)11-15(22-12)13-3-5-14(17)6-4-13/h3-6,12,15,18H,7-11H2,1-2H3. The van der Waals surface area contributed by atoms with Gasteiger partial charge in [0.1, 0.15) is 11.9 Å². The van der Waals surface area contributed by atoms with E-state index in [1.54, 1.807) is 24.1 Å². The summed E-state index contributed by atoms with van der Waals surface area (Å²) in [5.41, 5.74) is 0.887. The molecule has 1 saturated heterocycles. The molecule has 0 spiro atoms. The minimum Gasteiger partial charge on any atom is -0.383 e. The first-order valence-electron chi connectivity index (χ1n) is 7.48. The Morgan fingerprint density at radius 1 is 1.41 bits per heavy atom. The van der Waals surface area contributed by atoms with Crippen molar-refractivity contribution < 1.29 is 18.7 Å². The molecule has 0 saturated carbocycles. The molecule has 122 valence electrons. The molecule has 0 aromatic heterocycles. The summed E-state index contributed by atoms with van der Waals surface area (Å²) in [5.74, 6) is -0.235. The zero-order valence-corrected chi connectivity index (χ0v) is 13.0. The van der Waals surface area contributed by atoms with Gasteiger partial charge in [-0.15, -0.1) is 0 Å². The van der Waals surface area contributed by atoms with Gasteiger partial charge >= 0.3 is 0 Å². The van der Waals surface area contributed by atoms with Crippen LogP contribution in [-0.2, 0) is 14.3 Å². The van der Waals surface area contributed by atoms with Crippen LogP contribution in [0.25, 0.3) is 0 Å². The van der Waals surface area contributed by atoms with Gasteiger partial charge in [-0.2, -0.15) is 0 Å². The lowest BCUT2D eigenvalue weighted by Crippen LogP contribution is -2.48. The van der Waals surface area contributed by atoms with Gasteiger partial charge in [-0.25, -0.2) is 4.39 Å². The molecule has 1 aromatic rings. The summed E-state index contributed by atoms with van der Waals surface area (Å²) in [6.07, 6.45) is -0.265. The average molecular weight is 310 g/mol. The number of methoxy groups -OCH3 is 1. The molecule has 1 aliphatic heterocycles. The lowest BCUT2D eigenvalue weighted by atomic mass is 10.1. The third-order valence-corrected chi connectivity index (χ3v) is 3.61. The molecule has 1 aromatic carbocycles. The molecule has 22 heavy (non-hydrogen) atoms. The van der Waals surface area contributed by atoms with E-state index in [0.29, 0.717) is 26.2 Å². The molecule has 2 rings (SSSR count). The van der Waals surface area contributed by atoms with Gasteiger partial charge in [-0.05, 0) is 24.6 Å². The van der Waals surface area contributed by atoms with E-state index in [2.05, 4.69) is 5.32 Å². The van der Waals surface area contributed by atoms with Gasteiger partial charge in [0.25, 0.3) is 0 Å². The van der Waals surface area contributed by atoms with Crippen molar-refractivity contribution in [1.29, 1.82) is 0 Å². The van der Waals surface area contributed by atoms with Gasteiger partial charge in [0.05, 0.1) is 25.8 Å². The normalized spacial score (nSPS) is 21.9. The highest BCUT2D eigenvalue weighted by molar-refractivity contribution is 5.78. The highest BCUT2D eigenvalue weighted by Crippen LogP contribution is 2.25. The molecule has 2 atom stereocenters. The largest absolute Gasteiger partial charge is 0.383 e. The molecular weight excluding hydrogens is 287 g/mol. The smallest absolute Gasteiger partial charge is 0.236 e. The fourth-order valence-electron chi connectivity index (χ4n) is 2.50. The van der Waals surface area contributed by atoms with Gasteiger partial charge in [-0.1, -0.05) is 12.1 Å². The summed E-state index contributed by atoms with van der Waals surface area (Å²) in [5, 5.41) is 3.05. The van der Waals surface area contributed by atoms with Crippen LogP contribution in [-0.4, -0.2) is 56.8 Å². The molecule has 1 fully saturated rings. The number of amides is 1. The molecule has 1 N–H and O–H groups in total. The van der Waals surface area contributed by atoms with Crippen molar-refractivity contribution in [3.05, 3.63) is 35.6 Å². The van der Waals surface area contributed by atoms with Gasteiger partial charge in [0, 0.05) is 20.2 Å². The fourth-order valence-corrected chi connectivity index (χ4v) is 2.50. The predicted octanol–water partition coefficient (Wildman–Crippen LogP) is 1.35. The van der Waals surface area contributed by atoms with Crippen LogP contribution >= 0.6 is 0 Å². The second-order valence-corrected chi connectivity index (χ2v) is 5.46. The first-order valence-corrected chi connectivity index (χ1v) is 7.48. The first kappa shape index (κ1) is 16.9. The van der Waals surface area contributed by atoms with Crippen molar-refractivity contribution >= 4 is 5.91 Å². The Labute approximate surface area is 130 Å². The zero-order chi connectivity index (χ0) is 15.9. The highest BCUT2D eigenvalue weighted by atomic mass is 19.1. The number of carbonyl (C=O) groups is 1. The summed E-state index contributed by atoms with van der Waals surface area (Å²) in [4.78, 5) is 14.0. The Morgan fingerprint density at radius 3 is 2.82 bits per heavy atom. The van der Waals surface area contributed by atoms with Crippen LogP contribution in [0, 0.1) is 5.82 Å². The van der Waals surface area contributed by atoms with Crippen LogP contribution in [0.15, 0.2) is 24.3 Å². The van der Waals surface area contributed by atoms with E-state index in [-0.39, 0.29) is 30.5 Å². The number of halogens is 1. The molecule has 1 amide bonds. The van der Waals surface area contributed by atoms with E-state index in [0.717, 1.165) is 5.56 Å². The molecule has 0 radical (unpaired) electrons. The summed E-state index contributed by atoms with van der Waals surface area (Å²) >= 11 is 0. The van der Waals surface area contributed by atoms with E-state index in [9.17, 15) is 9.18 Å². The molecule has 2 unspecified atom stereocenters. The van der Waals surface area contributed by atoms with Crippen molar-refractivity contribution in [1.82, 2.24) is 10.2 Å². The number of rotatable bonds is 6. The maximum atomic E-state index is 13.0. The number of hydrogen-bond donors (Lipinski definition) is 1. The summed E-state index contributed by atoms with van der Waals surface area (Å²) < 4.78 is 23.8. The summed E-state index contributed by atoms with van der Waals surface area (Å²) in [6, 6.07) is 6.24. The average Bonchev–Trinajstić information content (AvgIpc) is 2.51. The molecule has 1 aliphatic rings. The Bertz CT molecular complexity index is 481. The van der Waals surface area contributed by atoms with E-state index in [4.69, 9.17) is 9.47 Å². The minimum absolute atomic E-state index is 0.0402. The monoisotopic (exact) mass is 310 g/mol. The van der Waals surface area contributed by atoms with Crippen LogP contribution in [0.3, 0.4) is 0 Å². The SMILES string of the molecule is COCCNCC(=O)N1CC(C)OC(c2ccc(F)cc2)C1. The Hall–Kier alpha value is -1.50. The lowest BCUT2D eigenvalue weighted by Gasteiger charge is -2.37.